The third-order valence-electron chi connectivity index (χ3n) is 4.27. The van der Waals surface area contributed by atoms with E-state index < -0.39 is 0 Å². The number of hydrogen-bond donors (Lipinski definition) is 0. The summed E-state index contributed by atoms with van der Waals surface area (Å²) in [4.78, 5) is 11.9. The molecule has 0 unspecified atom stereocenters. The predicted octanol–water partition coefficient (Wildman–Crippen LogP) is 2.91. The van der Waals surface area contributed by atoms with Crippen LogP contribution in [0, 0.1) is 5.92 Å². The van der Waals surface area contributed by atoms with Gasteiger partial charge in [0.1, 0.15) is 0 Å². The summed E-state index contributed by atoms with van der Waals surface area (Å²) in [6.45, 7) is 3.41. The fourth-order valence-corrected chi connectivity index (χ4v) is 2.90. The normalized spacial score (nSPS) is 18.8. The van der Waals surface area contributed by atoms with Crippen molar-refractivity contribution in [1.82, 2.24) is 14.9 Å². The Balaban J connectivity index is 1.59. The van der Waals surface area contributed by atoms with Crippen LogP contribution in [0.15, 0.2) is 36.5 Å². The Bertz CT molecular complexity index is 605. The number of rotatable bonds is 3. The van der Waals surface area contributed by atoms with Crippen molar-refractivity contribution in [3.63, 3.8) is 0 Å². The van der Waals surface area contributed by atoms with Gasteiger partial charge in [0, 0.05) is 31.4 Å². The molecule has 2 heterocycles. The van der Waals surface area contributed by atoms with E-state index in [1.807, 2.05) is 24.4 Å². The van der Waals surface area contributed by atoms with Crippen LogP contribution in [0.3, 0.4) is 0 Å². The quantitative estimate of drug-likeness (QED) is 0.854. The molecule has 0 radical (unpaired) electrons. The molecule has 3 heteroatoms. The number of hydrogen-bond acceptors (Lipinski definition) is 3. The van der Waals surface area contributed by atoms with E-state index >= 15 is 0 Å². The largest absolute Gasteiger partial charge is 0.297 e. The Hall–Kier alpha value is -1.74. The fraction of sp³-hybridized carbons (Fsp3) is 0.412. The van der Waals surface area contributed by atoms with Crippen molar-refractivity contribution in [2.45, 2.75) is 25.8 Å². The average molecular weight is 265 g/mol. The van der Waals surface area contributed by atoms with E-state index in [4.69, 9.17) is 4.98 Å². The maximum Gasteiger partial charge on any atom is 0.159 e. The molecule has 1 saturated carbocycles. The molecule has 3 nitrogen and oxygen atoms in total. The lowest BCUT2D eigenvalue weighted by Crippen LogP contribution is -2.33. The van der Waals surface area contributed by atoms with E-state index in [9.17, 15) is 0 Å². The highest BCUT2D eigenvalue weighted by Crippen LogP contribution is 2.31. The molecule has 0 bridgehead atoms. The van der Waals surface area contributed by atoms with Gasteiger partial charge in [0.25, 0.3) is 0 Å². The van der Waals surface area contributed by atoms with Crippen molar-refractivity contribution in [3.8, 4) is 11.4 Å². The molecule has 1 aromatic carbocycles. The summed E-state index contributed by atoms with van der Waals surface area (Å²) in [5.74, 6) is 1.81. The molecule has 4 rings (SSSR count). The summed E-state index contributed by atoms with van der Waals surface area (Å²) in [5, 5.41) is 0. The van der Waals surface area contributed by atoms with Crippen LogP contribution in [0.1, 0.15) is 24.1 Å². The van der Waals surface area contributed by atoms with E-state index in [0.717, 1.165) is 36.8 Å². The fourth-order valence-electron chi connectivity index (χ4n) is 2.90. The molecular weight excluding hydrogens is 246 g/mol. The van der Waals surface area contributed by atoms with Gasteiger partial charge in [-0.2, -0.15) is 0 Å². The first-order valence-corrected chi connectivity index (χ1v) is 7.51. The van der Waals surface area contributed by atoms with Crippen molar-refractivity contribution < 1.29 is 0 Å². The second kappa shape index (κ2) is 4.98. The highest BCUT2D eigenvalue weighted by molar-refractivity contribution is 5.54. The molecule has 0 amide bonds. The third-order valence-corrected chi connectivity index (χ3v) is 4.27. The molecule has 1 aromatic heterocycles. The second-order valence-corrected chi connectivity index (χ2v) is 5.96. The lowest BCUT2D eigenvalue weighted by atomic mass is 10.1. The van der Waals surface area contributed by atoms with Crippen molar-refractivity contribution in [3.05, 3.63) is 47.8 Å². The van der Waals surface area contributed by atoms with Crippen LogP contribution in [0.4, 0.5) is 0 Å². The summed E-state index contributed by atoms with van der Waals surface area (Å²) in [7, 11) is 0. The van der Waals surface area contributed by atoms with Crippen molar-refractivity contribution in [2.75, 3.05) is 13.1 Å². The van der Waals surface area contributed by atoms with Crippen LogP contribution >= 0.6 is 0 Å². The van der Waals surface area contributed by atoms with Crippen molar-refractivity contribution in [1.29, 1.82) is 0 Å². The SMILES string of the molecule is c1ccc(-c2ncc3c(n2)CN(CC2CC2)CC3)cc1. The first-order chi connectivity index (χ1) is 9.88. The maximum atomic E-state index is 4.81. The summed E-state index contributed by atoms with van der Waals surface area (Å²) in [5.41, 5.74) is 3.66. The second-order valence-electron chi connectivity index (χ2n) is 5.96. The van der Waals surface area contributed by atoms with Crippen LogP contribution in [-0.4, -0.2) is 28.0 Å². The summed E-state index contributed by atoms with van der Waals surface area (Å²) >= 11 is 0. The van der Waals surface area contributed by atoms with E-state index in [1.54, 1.807) is 0 Å². The number of aromatic nitrogens is 2. The zero-order valence-corrected chi connectivity index (χ0v) is 11.6. The molecule has 1 aliphatic heterocycles. The summed E-state index contributed by atoms with van der Waals surface area (Å²) in [6, 6.07) is 10.3. The van der Waals surface area contributed by atoms with Gasteiger partial charge in [-0.25, -0.2) is 9.97 Å². The van der Waals surface area contributed by atoms with Crippen molar-refractivity contribution >= 4 is 0 Å². The third kappa shape index (κ3) is 2.46. The number of fused-ring (bicyclic) bond motifs is 1. The first kappa shape index (κ1) is 12.0. The standard InChI is InChI=1S/C17H19N3/c1-2-4-14(5-3-1)17-18-10-15-8-9-20(11-13-6-7-13)12-16(15)19-17/h1-5,10,13H,6-9,11-12H2. The Morgan fingerprint density at radius 1 is 1.15 bits per heavy atom. The summed E-state index contributed by atoms with van der Waals surface area (Å²) in [6.07, 6.45) is 5.96. The molecule has 1 fully saturated rings. The monoisotopic (exact) mass is 265 g/mol. The molecule has 2 aromatic rings. The lowest BCUT2D eigenvalue weighted by Gasteiger charge is -2.27. The molecule has 0 spiro atoms. The van der Waals surface area contributed by atoms with Gasteiger partial charge < -0.3 is 0 Å². The highest BCUT2D eigenvalue weighted by Gasteiger charge is 2.27. The Kier molecular flexibility index (Phi) is 3.00. The van der Waals surface area contributed by atoms with Crippen LogP contribution in [-0.2, 0) is 13.0 Å². The minimum atomic E-state index is 0.859. The van der Waals surface area contributed by atoms with Gasteiger partial charge in [0.15, 0.2) is 5.82 Å². The van der Waals surface area contributed by atoms with Gasteiger partial charge >= 0.3 is 0 Å². The molecule has 20 heavy (non-hydrogen) atoms. The van der Waals surface area contributed by atoms with Gasteiger partial charge in [-0.15, -0.1) is 0 Å². The zero-order valence-electron chi connectivity index (χ0n) is 11.6. The van der Waals surface area contributed by atoms with E-state index in [1.165, 1.54) is 30.6 Å². The van der Waals surface area contributed by atoms with Gasteiger partial charge in [-0.1, -0.05) is 30.3 Å². The van der Waals surface area contributed by atoms with E-state index in [2.05, 4.69) is 22.0 Å². The molecule has 0 saturated heterocycles. The van der Waals surface area contributed by atoms with Crippen LogP contribution in [0.2, 0.25) is 0 Å². The van der Waals surface area contributed by atoms with Gasteiger partial charge in [-0.3, -0.25) is 4.90 Å². The average Bonchev–Trinajstić information content (AvgIpc) is 3.31. The topological polar surface area (TPSA) is 29.0 Å². The van der Waals surface area contributed by atoms with Gasteiger partial charge in [-0.05, 0) is 30.7 Å². The number of benzene rings is 1. The van der Waals surface area contributed by atoms with Gasteiger partial charge in [0.05, 0.1) is 5.69 Å². The van der Waals surface area contributed by atoms with E-state index in [0.29, 0.717) is 0 Å². The van der Waals surface area contributed by atoms with Crippen molar-refractivity contribution in [2.24, 2.45) is 5.92 Å². The Morgan fingerprint density at radius 3 is 2.80 bits per heavy atom. The molecule has 1 aliphatic carbocycles. The van der Waals surface area contributed by atoms with Crippen LogP contribution in [0.5, 0.6) is 0 Å². The van der Waals surface area contributed by atoms with Crippen LogP contribution in [0.25, 0.3) is 11.4 Å². The molecular formula is C17H19N3. The Labute approximate surface area is 119 Å². The molecule has 102 valence electrons. The van der Waals surface area contributed by atoms with Gasteiger partial charge in [0.2, 0.25) is 0 Å². The summed E-state index contributed by atoms with van der Waals surface area (Å²) < 4.78 is 0. The zero-order chi connectivity index (χ0) is 13.4. The lowest BCUT2D eigenvalue weighted by molar-refractivity contribution is 0.240. The minimum Gasteiger partial charge on any atom is -0.297 e. The highest BCUT2D eigenvalue weighted by atomic mass is 15.1. The smallest absolute Gasteiger partial charge is 0.159 e. The predicted molar refractivity (Wildman–Crippen MR) is 79.2 cm³/mol. The van der Waals surface area contributed by atoms with E-state index in [-0.39, 0.29) is 0 Å². The first-order valence-electron chi connectivity index (χ1n) is 7.51. The Morgan fingerprint density at radius 2 is 2.00 bits per heavy atom. The van der Waals surface area contributed by atoms with Crippen LogP contribution < -0.4 is 0 Å². The number of nitrogens with zero attached hydrogens (tertiary/aromatic N) is 3. The molecule has 0 atom stereocenters. The molecule has 0 N–H and O–H groups in total. The maximum absolute atomic E-state index is 4.81. The minimum absolute atomic E-state index is 0.859. The molecule has 2 aliphatic rings.